The van der Waals surface area contributed by atoms with Crippen molar-refractivity contribution < 1.29 is 19.1 Å². The molecule has 3 rings (SSSR count). The number of amides is 2. The molecule has 6 heteroatoms. The lowest BCUT2D eigenvalue weighted by molar-refractivity contribution is 0.0646. The van der Waals surface area contributed by atoms with Crippen LogP contribution in [0.1, 0.15) is 39.6 Å². The van der Waals surface area contributed by atoms with Crippen molar-refractivity contribution in [3.05, 3.63) is 59.2 Å². The van der Waals surface area contributed by atoms with Crippen molar-refractivity contribution in [1.82, 2.24) is 4.90 Å². The van der Waals surface area contributed by atoms with Crippen molar-refractivity contribution >= 4 is 11.8 Å². The zero-order valence-corrected chi connectivity index (χ0v) is 14.4. The van der Waals surface area contributed by atoms with Crippen LogP contribution in [0.2, 0.25) is 0 Å². The molecule has 0 bridgehead atoms. The average Bonchev–Trinajstić information content (AvgIpc) is 2.91. The van der Waals surface area contributed by atoms with Gasteiger partial charge in [0, 0.05) is 12.6 Å². The number of rotatable bonds is 7. The van der Waals surface area contributed by atoms with E-state index in [-0.39, 0.29) is 18.4 Å². The van der Waals surface area contributed by atoms with Gasteiger partial charge < -0.3 is 9.47 Å². The zero-order valence-electron chi connectivity index (χ0n) is 14.4. The van der Waals surface area contributed by atoms with Gasteiger partial charge >= 0.3 is 0 Å². The average molecular weight is 350 g/mol. The van der Waals surface area contributed by atoms with Gasteiger partial charge in [-0.05, 0) is 37.6 Å². The van der Waals surface area contributed by atoms with E-state index in [0.717, 1.165) is 0 Å². The molecule has 0 aromatic heterocycles. The van der Waals surface area contributed by atoms with Crippen molar-refractivity contribution in [2.24, 2.45) is 0 Å². The van der Waals surface area contributed by atoms with Crippen LogP contribution in [0, 0.1) is 11.3 Å². The predicted molar refractivity (Wildman–Crippen MR) is 94.2 cm³/mol. The molecule has 6 nitrogen and oxygen atoms in total. The summed E-state index contributed by atoms with van der Waals surface area (Å²) in [5.41, 5.74) is 1.39. The fraction of sp³-hybridized carbons (Fsp3) is 0.250. The van der Waals surface area contributed by atoms with Gasteiger partial charge in [0.1, 0.15) is 0 Å². The van der Waals surface area contributed by atoms with Crippen LogP contribution >= 0.6 is 0 Å². The highest BCUT2D eigenvalue weighted by Crippen LogP contribution is 2.28. The van der Waals surface area contributed by atoms with Crippen LogP contribution in [-0.4, -0.2) is 36.5 Å². The molecule has 0 unspecified atom stereocenters. The first kappa shape index (κ1) is 17.5. The molecule has 0 spiro atoms. The number of carbonyl (C=O) groups excluding carboxylic acids is 2. The summed E-state index contributed by atoms with van der Waals surface area (Å²) >= 11 is 0. The lowest BCUT2D eigenvalue weighted by atomic mass is 10.1. The third-order valence-electron chi connectivity index (χ3n) is 4.03. The number of benzene rings is 2. The van der Waals surface area contributed by atoms with E-state index in [9.17, 15) is 9.59 Å². The third-order valence-corrected chi connectivity index (χ3v) is 4.03. The first-order chi connectivity index (χ1) is 12.7. The second-order valence-corrected chi connectivity index (χ2v) is 5.72. The molecule has 1 aliphatic rings. The minimum absolute atomic E-state index is 0.265. The van der Waals surface area contributed by atoms with Gasteiger partial charge in [0.15, 0.2) is 11.5 Å². The number of carbonyl (C=O) groups is 2. The van der Waals surface area contributed by atoms with Crippen LogP contribution < -0.4 is 9.47 Å². The smallest absolute Gasteiger partial charge is 0.261 e. The SMILES string of the molecule is CCOc1cc(C#N)ccc1OCCCN1C(=O)c2ccccc2C1=O. The van der Waals surface area contributed by atoms with Crippen molar-refractivity contribution in [3.63, 3.8) is 0 Å². The first-order valence-electron chi connectivity index (χ1n) is 8.40. The number of hydrogen-bond acceptors (Lipinski definition) is 5. The Hall–Kier alpha value is -3.33. The molecule has 0 saturated heterocycles. The number of imide groups is 1. The van der Waals surface area contributed by atoms with Crippen molar-refractivity contribution in [2.75, 3.05) is 19.8 Å². The Bertz CT molecular complexity index is 851. The van der Waals surface area contributed by atoms with E-state index in [1.807, 2.05) is 6.92 Å². The summed E-state index contributed by atoms with van der Waals surface area (Å²) in [4.78, 5) is 25.8. The van der Waals surface area contributed by atoms with Gasteiger partial charge in [0.05, 0.1) is 36.0 Å². The van der Waals surface area contributed by atoms with Gasteiger partial charge in [0.25, 0.3) is 11.8 Å². The molecule has 1 aliphatic heterocycles. The Balaban J connectivity index is 1.58. The largest absolute Gasteiger partial charge is 0.490 e. The van der Waals surface area contributed by atoms with Crippen LogP contribution in [0.15, 0.2) is 42.5 Å². The highest BCUT2D eigenvalue weighted by atomic mass is 16.5. The molecule has 1 heterocycles. The molecule has 0 fully saturated rings. The van der Waals surface area contributed by atoms with Crippen molar-refractivity contribution in [3.8, 4) is 17.6 Å². The number of ether oxygens (including phenoxy) is 2. The zero-order chi connectivity index (χ0) is 18.5. The van der Waals surface area contributed by atoms with Gasteiger partial charge in [-0.1, -0.05) is 12.1 Å². The summed E-state index contributed by atoms with van der Waals surface area (Å²) in [7, 11) is 0. The quantitative estimate of drug-likeness (QED) is 0.566. The monoisotopic (exact) mass is 350 g/mol. The highest BCUT2D eigenvalue weighted by Gasteiger charge is 2.34. The number of hydrogen-bond donors (Lipinski definition) is 0. The second kappa shape index (κ2) is 7.70. The molecule has 26 heavy (non-hydrogen) atoms. The lowest BCUT2D eigenvalue weighted by Crippen LogP contribution is -2.31. The van der Waals surface area contributed by atoms with E-state index in [1.165, 1.54) is 4.90 Å². The van der Waals surface area contributed by atoms with Gasteiger partial charge in [-0.2, -0.15) is 5.26 Å². The van der Waals surface area contributed by atoms with E-state index in [4.69, 9.17) is 14.7 Å². The van der Waals surface area contributed by atoms with Gasteiger partial charge in [-0.3, -0.25) is 14.5 Å². The topological polar surface area (TPSA) is 79.6 Å². The first-order valence-corrected chi connectivity index (χ1v) is 8.40. The van der Waals surface area contributed by atoms with Crippen molar-refractivity contribution in [2.45, 2.75) is 13.3 Å². The Morgan fingerprint density at radius 3 is 2.31 bits per heavy atom. The Morgan fingerprint density at radius 1 is 1.00 bits per heavy atom. The standard InChI is InChI=1S/C20H18N2O4/c1-2-25-18-12-14(13-21)8-9-17(18)26-11-5-10-22-19(23)15-6-3-4-7-16(15)20(22)24/h3-4,6-9,12H,2,5,10-11H2,1H3. The molecule has 0 N–H and O–H groups in total. The molecule has 2 aromatic carbocycles. The van der Waals surface area contributed by atoms with Gasteiger partial charge in [-0.15, -0.1) is 0 Å². The van der Waals surface area contributed by atoms with E-state index in [2.05, 4.69) is 6.07 Å². The maximum absolute atomic E-state index is 12.3. The predicted octanol–water partition coefficient (Wildman–Crippen LogP) is 3.02. The molecule has 2 aromatic rings. The maximum atomic E-state index is 12.3. The van der Waals surface area contributed by atoms with Crippen molar-refractivity contribution in [1.29, 1.82) is 5.26 Å². The minimum atomic E-state index is -0.265. The normalized spacial score (nSPS) is 12.7. The molecule has 0 atom stereocenters. The molecule has 0 aliphatic carbocycles. The molecule has 132 valence electrons. The molecule has 2 amide bonds. The summed E-state index contributed by atoms with van der Waals surface area (Å²) in [5.74, 6) is 0.512. The summed E-state index contributed by atoms with van der Waals surface area (Å²) in [6, 6.07) is 13.8. The summed E-state index contributed by atoms with van der Waals surface area (Å²) in [5, 5.41) is 8.96. The van der Waals surface area contributed by atoms with E-state index < -0.39 is 0 Å². The van der Waals surface area contributed by atoms with E-state index in [1.54, 1.807) is 42.5 Å². The molecule has 0 saturated carbocycles. The van der Waals surface area contributed by atoms with Crippen LogP contribution in [0.4, 0.5) is 0 Å². The maximum Gasteiger partial charge on any atom is 0.261 e. The number of nitrogens with zero attached hydrogens (tertiary/aromatic N) is 2. The van der Waals surface area contributed by atoms with Crippen LogP contribution in [-0.2, 0) is 0 Å². The summed E-state index contributed by atoms with van der Waals surface area (Å²) in [6.45, 7) is 2.91. The Kier molecular flexibility index (Phi) is 5.18. The number of nitriles is 1. The molecule has 0 radical (unpaired) electrons. The van der Waals surface area contributed by atoms with Crippen LogP contribution in [0.25, 0.3) is 0 Å². The third kappa shape index (κ3) is 3.38. The van der Waals surface area contributed by atoms with Crippen LogP contribution in [0.5, 0.6) is 11.5 Å². The molecular weight excluding hydrogens is 332 g/mol. The lowest BCUT2D eigenvalue weighted by Gasteiger charge is -2.15. The van der Waals surface area contributed by atoms with Crippen LogP contribution in [0.3, 0.4) is 0 Å². The Labute approximate surface area is 151 Å². The Morgan fingerprint density at radius 2 is 1.69 bits per heavy atom. The molecular formula is C20H18N2O4. The fourth-order valence-electron chi connectivity index (χ4n) is 2.81. The minimum Gasteiger partial charge on any atom is -0.490 e. The number of fused-ring (bicyclic) bond motifs is 1. The second-order valence-electron chi connectivity index (χ2n) is 5.72. The summed E-state index contributed by atoms with van der Waals surface area (Å²) in [6.07, 6.45) is 0.497. The fourth-order valence-corrected chi connectivity index (χ4v) is 2.81. The highest BCUT2D eigenvalue weighted by molar-refractivity contribution is 6.21. The van der Waals surface area contributed by atoms with Gasteiger partial charge in [-0.25, -0.2) is 0 Å². The summed E-state index contributed by atoms with van der Waals surface area (Å²) < 4.78 is 11.2. The van der Waals surface area contributed by atoms with E-state index >= 15 is 0 Å². The van der Waals surface area contributed by atoms with E-state index in [0.29, 0.717) is 47.8 Å². The van der Waals surface area contributed by atoms with Gasteiger partial charge in [0.2, 0.25) is 0 Å².